The molecule has 21 heavy (non-hydrogen) atoms. The van der Waals surface area contributed by atoms with Gasteiger partial charge in [-0.05, 0) is 38.0 Å². The number of nitrogens with one attached hydrogen (secondary N) is 2. The summed E-state index contributed by atoms with van der Waals surface area (Å²) in [6.45, 7) is 6.15. The predicted molar refractivity (Wildman–Crippen MR) is 85.3 cm³/mol. The maximum atomic E-state index is 5.49. The second-order valence-corrected chi connectivity index (χ2v) is 4.56. The molecular weight excluding hydrogens is 268 g/mol. The van der Waals surface area contributed by atoms with Gasteiger partial charge in [0.25, 0.3) is 0 Å². The summed E-state index contributed by atoms with van der Waals surface area (Å²) in [5.74, 6) is 6.91. The van der Waals surface area contributed by atoms with Crippen molar-refractivity contribution in [2.45, 2.75) is 26.3 Å². The first kappa shape index (κ1) is 17.3. The number of nitrogens with zero attached hydrogens (tertiary/aromatic N) is 1. The van der Waals surface area contributed by atoms with Crippen LogP contribution in [0.3, 0.4) is 0 Å². The number of methoxy groups -OCH3 is 1. The molecule has 0 saturated carbocycles. The summed E-state index contributed by atoms with van der Waals surface area (Å²) >= 11 is 0. The van der Waals surface area contributed by atoms with Gasteiger partial charge in [-0.25, -0.2) is 5.84 Å². The monoisotopic (exact) mass is 294 g/mol. The Kier molecular flexibility index (Phi) is 8.23. The molecule has 0 aliphatic heterocycles. The van der Waals surface area contributed by atoms with Crippen LogP contribution >= 0.6 is 0 Å². The zero-order valence-corrected chi connectivity index (χ0v) is 13.1. The van der Waals surface area contributed by atoms with Gasteiger partial charge in [-0.2, -0.15) is 0 Å². The van der Waals surface area contributed by atoms with Gasteiger partial charge in [0.2, 0.25) is 5.96 Å². The first-order valence-electron chi connectivity index (χ1n) is 7.20. The van der Waals surface area contributed by atoms with Gasteiger partial charge in [0.1, 0.15) is 5.75 Å². The van der Waals surface area contributed by atoms with Crippen LogP contribution < -0.4 is 21.3 Å². The summed E-state index contributed by atoms with van der Waals surface area (Å²) in [7, 11) is 1.65. The van der Waals surface area contributed by atoms with Crippen molar-refractivity contribution in [3.8, 4) is 5.75 Å². The Morgan fingerprint density at radius 1 is 1.33 bits per heavy atom. The standard InChI is InChI=1S/C15H26N4O2/c1-4-21-11-5-10-17-15(19-16)18-12(2)13-6-8-14(20-3)9-7-13/h6-9,12H,4-5,10-11,16H2,1-3H3,(H2,17,18,19). The highest BCUT2D eigenvalue weighted by molar-refractivity contribution is 5.79. The number of hydrogen-bond acceptors (Lipinski definition) is 4. The van der Waals surface area contributed by atoms with Crippen LogP contribution in [0.2, 0.25) is 0 Å². The second kappa shape index (κ2) is 10.0. The van der Waals surface area contributed by atoms with Crippen molar-refractivity contribution in [1.29, 1.82) is 0 Å². The fourth-order valence-electron chi connectivity index (χ4n) is 1.82. The fourth-order valence-corrected chi connectivity index (χ4v) is 1.82. The van der Waals surface area contributed by atoms with E-state index in [0.29, 0.717) is 19.1 Å². The molecule has 0 bridgehead atoms. The Balaban J connectivity index is 2.48. The Morgan fingerprint density at radius 2 is 2.05 bits per heavy atom. The molecule has 1 atom stereocenters. The molecule has 0 spiro atoms. The molecular formula is C15H26N4O2. The zero-order valence-electron chi connectivity index (χ0n) is 13.1. The molecule has 118 valence electrons. The molecule has 1 aromatic rings. The third-order valence-electron chi connectivity index (χ3n) is 3.03. The molecule has 0 fully saturated rings. The van der Waals surface area contributed by atoms with Crippen LogP contribution in [-0.2, 0) is 4.74 Å². The maximum Gasteiger partial charge on any atom is 0.206 e. The second-order valence-electron chi connectivity index (χ2n) is 4.56. The van der Waals surface area contributed by atoms with Crippen molar-refractivity contribution in [1.82, 2.24) is 10.7 Å². The summed E-state index contributed by atoms with van der Waals surface area (Å²) in [6.07, 6.45) is 0.873. The Bertz CT molecular complexity index is 420. The van der Waals surface area contributed by atoms with Crippen molar-refractivity contribution >= 4 is 5.96 Å². The smallest absolute Gasteiger partial charge is 0.206 e. The number of benzene rings is 1. The van der Waals surface area contributed by atoms with Crippen LogP contribution in [-0.4, -0.2) is 32.8 Å². The van der Waals surface area contributed by atoms with Gasteiger partial charge in [-0.1, -0.05) is 12.1 Å². The van der Waals surface area contributed by atoms with Gasteiger partial charge in [0, 0.05) is 19.8 Å². The number of rotatable bonds is 8. The lowest BCUT2D eigenvalue weighted by Crippen LogP contribution is -2.42. The molecule has 6 nitrogen and oxygen atoms in total. The van der Waals surface area contributed by atoms with E-state index in [1.165, 1.54) is 0 Å². The van der Waals surface area contributed by atoms with Gasteiger partial charge < -0.3 is 14.8 Å². The number of nitrogens with two attached hydrogens (primary N) is 1. The highest BCUT2D eigenvalue weighted by Crippen LogP contribution is 2.16. The molecule has 0 amide bonds. The van der Waals surface area contributed by atoms with Gasteiger partial charge >= 0.3 is 0 Å². The van der Waals surface area contributed by atoms with Crippen molar-refractivity contribution in [3.63, 3.8) is 0 Å². The van der Waals surface area contributed by atoms with E-state index < -0.39 is 0 Å². The Morgan fingerprint density at radius 3 is 2.62 bits per heavy atom. The minimum Gasteiger partial charge on any atom is -0.497 e. The lowest BCUT2D eigenvalue weighted by molar-refractivity contribution is 0.146. The first-order valence-corrected chi connectivity index (χ1v) is 7.20. The molecule has 0 radical (unpaired) electrons. The molecule has 1 unspecified atom stereocenters. The van der Waals surface area contributed by atoms with E-state index in [-0.39, 0.29) is 6.04 Å². The lowest BCUT2D eigenvalue weighted by atomic mass is 10.1. The Hall–Kier alpha value is -1.79. The van der Waals surface area contributed by atoms with Gasteiger partial charge in [0.05, 0.1) is 13.2 Å². The summed E-state index contributed by atoms with van der Waals surface area (Å²) in [4.78, 5) is 4.38. The normalized spacial score (nSPS) is 12.9. The Labute approximate surface area is 126 Å². The van der Waals surface area contributed by atoms with E-state index in [2.05, 4.69) is 22.7 Å². The van der Waals surface area contributed by atoms with Crippen molar-refractivity contribution in [2.75, 3.05) is 26.9 Å². The maximum absolute atomic E-state index is 5.49. The summed E-state index contributed by atoms with van der Waals surface area (Å²) in [6, 6.07) is 7.99. The molecule has 4 N–H and O–H groups in total. The zero-order chi connectivity index (χ0) is 15.5. The van der Waals surface area contributed by atoms with Crippen LogP contribution in [0.4, 0.5) is 0 Å². The molecule has 1 aromatic carbocycles. The van der Waals surface area contributed by atoms with Crippen LogP contribution in [0.15, 0.2) is 29.3 Å². The fraction of sp³-hybridized carbons (Fsp3) is 0.533. The van der Waals surface area contributed by atoms with E-state index in [1.807, 2.05) is 31.2 Å². The molecule has 0 aliphatic carbocycles. The first-order chi connectivity index (χ1) is 10.2. The van der Waals surface area contributed by atoms with Crippen LogP contribution in [0.5, 0.6) is 5.75 Å². The van der Waals surface area contributed by atoms with Crippen LogP contribution in [0.25, 0.3) is 0 Å². The van der Waals surface area contributed by atoms with Crippen molar-refractivity contribution < 1.29 is 9.47 Å². The summed E-state index contributed by atoms with van der Waals surface area (Å²) < 4.78 is 10.4. The summed E-state index contributed by atoms with van der Waals surface area (Å²) in [5.41, 5.74) is 3.72. The van der Waals surface area contributed by atoms with Gasteiger partial charge in [-0.3, -0.25) is 10.4 Å². The topological polar surface area (TPSA) is 80.9 Å². The highest BCUT2D eigenvalue weighted by atomic mass is 16.5. The van der Waals surface area contributed by atoms with E-state index in [1.54, 1.807) is 7.11 Å². The average molecular weight is 294 g/mol. The average Bonchev–Trinajstić information content (AvgIpc) is 2.53. The van der Waals surface area contributed by atoms with Gasteiger partial charge in [-0.15, -0.1) is 0 Å². The molecule has 0 heterocycles. The van der Waals surface area contributed by atoms with Crippen molar-refractivity contribution in [3.05, 3.63) is 29.8 Å². The van der Waals surface area contributed by atoms with E-state index in [9.17, 15) is 0 Å². The predicted octanol–water partition coefficient (Wildman–Crippen LogP) is 1.59. The third-order valence-corrected chi connectivity index (χ3v) is 3.03. The van der Waals surface area contributed by atoms with Crippen LogP contribution in [0.1, 0.15) is 31.9 Å². The molecule has 0 saturated heterocycles. The molecule has 0 aliphatic rings. The largest absolute Gasteiger partial charge is 0.497 e. The van der Waals surface area contributed by atoms with E-state index >= 15 is 0 Å². The number of aliphatic imine (C=N–C) groups is 1. The van der Waals surface area contributed by atoms with E-state index in [0.717, 1.165) is 24.3 Å². The van der Waals surface area contributed by atoms with E-state index in [4.69, 9.17) is 15.3 Å². The minimum absolute atomic E-state index is 0.0950. The van der Waals surface area contributed by atoms with Crippen LogP contribution in [0, 0.1) is 0 Å². The highest BCUT2D eigenvalue weighted by Gasteiger charge is 2.07. The quantitative estimate of drug-likeness (QED) is 0.223. The molecule has 6 heteroatoms. The number of ether oxygens (including phenoxy) is 2. The third kappa shape index (κ3) is 6.46. The molecule has 0 aromatic heterocycles. The lowest BCUT2D eigenvalue weighted by Gasteiger charge is -2.17. The molecule has 1 rings (SSSR count). The van der Waals surface area contributed by atoms with Crippen molar-refractivity contribution in [2.24, 2.45) is 10.8 Å². The number of guanidine groups is 1. The van der Waals surface area contributed by atoms with Gasteiger partial charge in [0.15, 0.2) is 0 Å². The SMILES string of the molecule is CCOCCCN=C(NN)NC(C)c1ccc(OC)cc1. The minimum atomic E-state index is 0.0950. The number of hydrogen-bond donors (Lipinski definition) is 3. The summed E-state index contributed by atoms with van der Waals surface area (Å²) in [5, 5.41) is 3.24. The number of hydrazine groups is 1.